The number of anilines is 2. The van der Waals surface area contributed by atoms with E-state index in [1.54, 1.807) is 32.0 Å². The molecule has 0 fully saturated rings. The van der Waals surface area contributed by atoms with E-state index >= 15 is 0 Å². The molecule has 0 radical (unpaired) electrons. The topological polar surface area (TPSA) is 98.1 Å². The number of ketones is 1. The first-order valence-corrected chi connectivity index (χ1v) is 12.0. The highest BCUT2D eigenvalue weighted by atomic mass is 16.5. The Morgan fingerprint density at radius 3 is 2.62 bits per heavy atom. The van der Waals surface area contributed by atoms with Crippen LogP contribution in [0.25, 0.3) is 10.8 Å². The minimum Gasteiger partial charge on any atom is -0.473 e. The molecule has 1 aromatic heterocycles. The van der Waals surface area contributed by atoms with Crippen LogP contribution in [-0.2, 0) is 11.3 Å². The second-order valence-electron chi connectivity index (χ2n) is 8.75. The molecule has 1 N–H and O–H groups in total. The normalized spacial score (nSPS) is 12.6. The standard InChI is InChI=1S/C29H26N2O6/c1-4-35-29(34)26-25(17(2)32)18(3)37-28(26)30-27(33)20-9-7-10-21(14-20)31-15-23-22-11-6-5-8-19(22)12-13-24(23)36-16-31/h5-14H,4,15-16H2,1-3H3,(H,30,33). The number of rotatable bonds is 6. The molecular formula is C29H26N2O6. The van der Waals surface area contributed by atoms with Gasteiger partial charge in [-0.25, -0.2) is 4.79 Å². The Morgan fingerprint density at radius 1 is 1.03 bits per heavy atom. The summed E-state index contributed by atoms with van der Waals surface area (Å²) in [6, 6.07) is 19.3. The molecule has 8 heteroatoms. The number of nitrogens with zero attached hydrogens (tertiary/aromatic N) is 1. The van der Waals surface area contributed by atoms with Crippen molar-refractivity contribution >= 4 is 40.0 Å². The highest BCUT2D eigenvalue weighted by molar-refractivity contribution is 6.12. The van der Waals surface area contributed by atoms with Crippen molar-refractivity contribution in [2.75, 3.05) is 23.6 Å². The van der Waals surface area contributed by atoms with Gasteiger partial charge in [-0.05, 0) is 55.8 Å². The summed E-state index contributed by atoms with van der Waals surface area (Å²) >= 11 is 0. The molecule has 1 amide bonds. The van der Waals surface area contributed by atoms with E-state index in [1.807, 2.05) is 35.2 Å². The lowest BCUT2D eigenvalue weighted by Crippen LogP contribution is -2.32. The fourth-order valence-corrected chi connectivity index (χ4v) is 4.64. The van der Waals surface area contributed by atoms with Crippen molar-refractivity contribution in [3.05, 3.63) is 88.7 Å². The highest BCUT2D eigenvalue weighted by Crippen LogP contribution is 2.34. The molecule has 4 aromatic rings. The lowest BCUT2D eigenvalue weighted by molar-refractivity contribution is 0.0524. The molecule has 1 aliphatic heterocycles. The van der Waals surface area contributed by atoms with E-state index in [4.69, 9.17) is 13.9 Å². The zero-order valence-corrected chi connectivity index (χ0v) is 20.8. The summed E-state index contributed by atoms with van der Waals surface area (Å²) in [5.74, 6) is -0.603. The van der Waals surface area contributed by atoms with Crippen LogP contribution in [0.4, 0.5) is 11.6 Å². The molecule has 0 atom stereocenters. The molecule has 0 spiro atoms. The van der Waals surface area contributed by atoms with E-state index in [9.17, 15) is 14.4 Å². The van der Waals surface area contributed by atoms with Crippen LogP contribution < -0.4 is 15.0 Å². The number of amides is 1. The van der Waals surface area contributed by atoms with Crippen molar-refractivity contribution in [1.82, 2.24) is 0 Å². The van der Waals surface area contributed by atoms with Gasteiger partial charge in [-0.2, -0.15) is 0 Å². The molecule has 0 unspecified atom stereocenters. The van der Waals surface area contributed by atoms with E-state index in [-0.39, 0.29) is 35.2 Å². The number of hydrogen-bond acceptors (Lipinski definition) is 7. The first-order valence-electron chi connectivity index (χ1n) is 12.0. The second kappa shape index (κ2) is 9.81. The Balaban J connectivity index is 1.42. The Labute approximate surface area is 213 Å². The second-order valence-corrected chi connectivity index (χ2v) is 8.75. The summed E-state index contributed by atoms with van der Waals surface area (Å²) < 4.78 is 16.7. The maximum Gasteiger partial charge on any atom is 0.344 e. The summed E-state index contributed by atoms with van der Waals surface area (Å²) in [6.07, 6.45) is 0. The van der Waals surface area contributed by atoms with Gasteiger partial charge in [-0.3, -0.25) is 14.9 Å². The molecule has 8 nitrogen and oxygen atoms in total. The predicted molar refractivity (Wildman–Crippen MR) is 139 cm³/mol. The number of ether oxygens (including phenoxy) is 2. The van der Waals surface area contributed by atoms with Crippen LogP contribution >= 0.6 is 0 Å². The van der Waals surface area contributed by atoms with Crippen molar-refractivity contribution < 1.29 is 28.3 Å². The fraction of sp³-hybridized carbons (Fsp3) is 0.207. The van der Waals surface area contributed by atoms with E-state index in [2.05, 4.69) is 17.4 Å². The molecule has 0 saturated carbocycles. The third kappa shape index (κ3) is 4.53. The van der Waals surface area contributed by atoms with Crippen molar-refractivity contribution in [2.24, 2.45) is 0 Å². The Hall–Kier alpha value is -4.59. The van der Waals surface area contributed by atoms with E-state index < -0.39 is 11.9 Å². The number of fused-ring (bicyclic) bond motifs is 3. The molecule has 37 heavy (non-hydrogen) atoms. The number of nitrogens with one attached hydrogen (secondary N) is 1. The monoisotopic (exact) mass is 498 g/mol. The predicted octanol–water partition coefficient (Wildman–Crippen LogP) is 5.73. The van der Waals surface area contributed by atoms with Crippen LogP contribution in [-0.4, -0.2) is 31.0 Å². The summed E-state index contributed by atoms with van der Waals surface area (Å²) in [5.41, 5.74) is 2.26. The Morgan fingerprint density at radius 2 is 1.84 bits per heavy atom. The Bertz CT molecular complexity index is 1540. The number of esters is 1. The fourth-order valence-electron chi connectivity index (χ4n) is 4.64. The van der Waals surface area contributed by atoms with Crippen LogP contribution in [0.15, 0.2) is 65.1 Å². The molecule has 0 saturated heterocycles. The minimum atomic E-state index is -0.732. The van der Waals surface area contributed by atoms with Gasteiger partial charge in [0.05, 0.1) is 18.7 Å². The van der Waals surface area contributed by atoms with Crippen molar-refractivity contribution in [2.45, 2.75) is 27.3 Å². The van der Waals surface area contributed by atoms with Gasteiger partial charge in [0.25, 0.3) is 5.91 Å². The first kappa shape index (κ1) is 24.1. The molecular weight excluding hydrogens is 472 g/mol. The largest absolute Gasteiger partial charge is 0.473 e. The summed E-state index contributed by atoms with van der Waals surface area (Å²) in [6.45, 7) is 5.63. The van der Waals surface area contributed by atoms with Gasteiger partial charge in [0.1, 0.15) is 17.1 Å². The van der Waals surface area contributed by atoms with Gasteiger partial charge in [0.2, 0.25) is 5.88 Å². The number of carbonyl (C=O) groups excluding carboxylic acids is 3. The summed E-state index contributed by atoms with van der Waals surface area (Å²) in [4.78, 5) is 40.0. The van der Waals surface area contributed by atoms with E-state index in [0.717, 1.165) is 27.8 Å². The van der Waals surface area contributed by atoms with Gasteiger partial charge in [0, 0.05) is 16.8 Å². The van der Waals surface area contributed by atoms with Crippen molar-refractivity contribution in [3.63, 3.8) is 0 Å². The number of carbonyl (C=O) groups is 3. The molecule has 0 aliphatic carbocycles. The zero-order valence-electron chi connectivity index (χ0n) is 20.8. The van der Waals surface area contributed by atoms with E-state index in [0.29, 0.717) is 18.8 Å². The lowest BCUT2D eigenvalue weighted by atomic mass is 10.0. The molecule has 0 bridgehead atoms. The highest BCUT2D eigenvalue weighted by Gasteiger charge is 2.29. The quantitative estimate of drug-likeness (QED) is 0.268. The average molecular weight is 499 g/mol. The first-order chi connectivity index (χ1) is 17.9. The van der Waals surface area contributed by atoms with Gasteiger partial charge < -0.3 is 18.8 Å². The average Bonchev–Trinajstić information content (AvgIpc) is 3.24. The molecule has 2 heterocycles. The maximum absolute atomic E-state index is 13.2. The minimum absolute atomic E-state index is 0.0794. The van der Waals surface area contributed by atoms with Gasteiger partial charge in [0.15, 0.2) is 12.5 Å². The Kier molecular flexibility index (Phi) is 6.40. The number of hydrogen-bond donors (Lipinski definition) is 1. The third-order valence-corrected chi connectivity index (χ3v) is 6.34. The smallest absolute Gasteiger partial charge is 0.344 e. The van der Waals surface area contributed by atoms with Gasteiger partial charge in [-0.1, -0.05) is 36.4 Å². The SMILES string of the molecule is CCOC(=O)c1c(NC(=O)c2cccc(N3COc4ccc5ccccc5c4C3)c2)oc(C)c1C(C)=O. The molecule has 188 valence electrons. The van der Waals surface area contributed by atoms with Crippen LogP contribution in [0.2, 0.25) is 0 Å². The maximum atomic E-state index is 13.2. The number of benzene rings is 3. The van der Waals surface area contributed by atoms with Gasteiger partial charge in [-0.15, -0.1) is 0 Å². The van der Waals surface area contributed by atoms with Crippen LogP contribution in [0, 0.1) is 6.92 Å². The van der Waals surface area contributed by atoms with Crippen molar-refractivity contribution in [3.8, 4) is 5.75 Å². The number of furan rings is 1. The zero-order chi connectivity index (χ0) is 26.1. The number of Topliss-reactive ketones (excluding diaryl/α,β-unsaturated/α-hetero) is 1. The van der Waals surface area contributed by atoms with Gasteiger partial charge >= 0.3 is 5.97 Å². The third-order valence-electron chi connectivity index (χ3n) is 6.34. The van der Waals surface area contributed by atoms with Crippen molar-refractivity contribution in [1.29, 1.82) is 0 Å². The summed E-state index contributed by atoms with van der Waals surface area (Å²) in [5, 5.41) is 4.90. The molecule has 3 aromatic carbocycles. The molecule has 1 aliphatic rings. The summed E-state index contributed by atoms with van der Waals surface area (Å²) in [7, 11) is 0. The molecule has 5 rings (SSSR count). The van der Waals surface area contributed by atoms with Crippen LogP contribution in [0.5, 0.6) is 5.75 Å². The van der Waals surface area contributed by atoms with Crippen LogP contribution in [0.1, 0.15) is 56.2 Å². The number of aryl methyl sites for hydroxylation is 1. The lowest BCUT2D eigenvalue weighted by Gasteiger charge is -2.31. The van der Waals surface area contributed by atoms with E-state index in [1.165, 1.54) is 6.92 Å². The van der Waals surface area contributed by atoms with Crippen LogP contribution in [0.3, 0.4) is 0 Å².